The number of nitrogens with two attached hydrogens (primary N) is 2. The van der Waals surface area contributed by atoms with E-state index in [4.69, 9.17) is 11.5 Å². The largest absolute Gasteiger partial charge is 0.397 e. The Balaban J connectivity index is 2.26. The van der Waals surface area contributed by atoms with Gasteiger partial charge in [0.2, 0.25) is 0 Å². The van der Waals surface area contributed by atoms with E-state index in [9.17, 15) is 4.79 Å². The molecule has 1 amide bonds. The maximum absolute atomic E-state index is 11.4. The van der Waals surface area contributed by atoms with Crippen LogP contribution in [0.1, 0.15) is 28.9 Å². The summed E-state index contributed by atoms with van der Waals surface area (Å²) in [6.07, 6.45) is 4.89. The fourth-order valence-electron chi connectivity index (χ4n) is 1.72. The van der Waals surface area contributed by atoms with E-state index in [-0.39, 0.29) is 11.6 Å². The normalized spacial score (nSPS) is 11.8. The summed E-state index contributed by atoms with van der Waals surface area (Å²) in [5.74, 6) is -0.143. The van der Waals surface area contributed by atoms with Gasteiger partial charge in [-0.05, 0) is 30.7 Å². The number of rotatable bonds is 4. The highest BCUT2D eigenvalue weighted by molar-refractivity contribution is 5.98. The van der Waals surface area contributed by atoms with Crippen LogP contribution >= 0.6 is 0 Å². The van der Waals surface area contributed by atoms with Crippen LogP contribution in [0.4, 0.5) is 11.5 Å². The minimum Gasteiger partial charge on any atom is -0.397 e. The van der Waals surface area contributed by atoms with E-state index in [1.54, 1.807) is 12.4 Å². The zero-order chi connectivity index (χ0) is 13.8. The average Bonchev–Trinajstić information content (AvgIpc) is 2.41. The number of amides is 1. The number of nitrogens with one attached hydrogen (secondary N) is 1. The second kappa shape index (κ2) is 5.34. The highest BCUT2D eigenvalue weighted by atomic mass is 16.1. The molecule has 2 rings (SSSR count). The number of carbonyl (C=O) groups excluding carboxylic acids is 1. The van der Waals surface area contributed by atoms with Crippen LogP contribution in [0.3, 0.4) is 0 Å². The molecule has 5 N–H and O–H groups in total. The summed E-state index contributed by atoms with van der Waals surface area (Å²) in [6.45, 7) is 1.96. The summed E-state index contributed by atoms with van der Waals surface area (Å²) in [6, 6.07) is 5.26. The van der Waals surface area contributed by atoms with Crippen LogP contribution in [-0.2, 0) is 0 Å². The van der Waals surface area contributed by atoms with Crippen LogP contribution in [0.2, 0.25) is 0 Å². The molecule has 0 saturated carbocycles. The third kappa shape index (κ3) is 2.98. The quantitative estimate of drug-likeness (QED) is 0.766. The number of pyridine rings is 2. The van der Waals surface area contributed by atoms with Crippen LogP contribution in [0.25, 0.3) is 0 Å². The molecule has 2 aromatic heterocycles. The predicted octanol–water partition coefficient (Wildman–Crippen LogP) is 1.33. The molecule has 0 aliphatic rings. The van der Waals surface area contributed by atoms with Crippen molar-refractivity contribution in [1.82, 2.24) is 9.97 Å². The first-order valence-electron chi connectivity index (χ1n) is 5.79. The Labute approximate surface area is 110 Å². The molecule has 0 bridgehead atoms. The highest BCUT2D eigenvalue weighted by Crippen LogP contribution is 2.21. The van der Waals surface area contributed by atoms with E-state index in [2.05, 4.69) is 15.3 Å². The molecule has 0 aromatic carbocycles. The zero-order valence-electron chi connectivity index (χ0n) is 10.5. The second-order valence-corrected chi connectivity index (χ2v) is 4.18. The van der Waals surface area contributed by atoms with Gasteiger partial charge in [-0.25, -0.2) is 4.98 Å². The first kappa shape index (κ1) is 12.8. The molecule has 2 heterocycles. The van der Waals surface area contributed by atoms with Gasteiger partial charge < -0.3 is 16.8 Å². The molecule has 0 aliphatic heterocycles. The van der Waals surface area contributed by atoms with Crippen LogP contribution in [0, 0.1) is 0 Å². The van der Waals surface area contributed by atoms with Crippen LogP contribution in [0.15, 0.2) is 36.8 Å². The fraction of sp³-hybridized carbons (Fsp3) is 0.154. The lowest BCUT2D eigenvalue weighted by atomic mass is 10.1. The van der Waals surface area contributed by atoms with E-state index < -0.39 is 5.91 Å². The van der Waals surface area contributed by atoms with Gasteiger partial charge in [-0.1, -0.05) is 0 Å². The molecule has 0 aliphatic carbocycles. The predicted molar refractivity (Wildman–Crippen MR) is 73.4 cm³/mol. The van der Waals surface area contributed by atoms with Gasteiger partial charge in [0.1, 0.15) is 5.82 Å². The summed E-state index contributed by atoms with van der Waals surface area (Å²) >= 11 is 0. The Morgan fingerprint density at radius 2 is 2.05 bits per heavy atom. The number of carbonyl (C=O) groups is 1. The first-order chi connectivity index (χ1) is 9.08. The number of hydrogen-bond donors (Lipinski definition) is 3. The van der Waals surface area contributed by atoms with Crippen molar-refractivity contribution in [2.24, 2.45) is 5.73 Å². The van der Waals surface area contributed by atoms with Crippen molar-refractivity contribution in [1.29, 1.82) is 0 Å². The molecular weight excluding hydrogens is 242 g/mol. The fourth-order valence-corrected chi connectivity index (χ4v) is 1.72. The number of nitrogens with zero attached hydrogens (tertiary/aromatic N) is 2. The average molecular weight is 257 g/mol. The number of aromatic nitrogens is 2. The first-order valence-corrected chi connectivity index (χ1v) is 5.79. The number of anilines is 2. The van der Waals surface area contributed by atoms with Crippen molar-refractivity contribution in [2.45, 2.75) is 13.0 Å². The summed E-state index contributed by atoms with van der Waals surface area (Å²) in [5, 5.41) is 3.14. The summed E-state index contributed by atoms with van der Waals surface area (Å²) in [5.41, 5.74) is 12.6. The Morgan fingerprint density at radius 3 is 2.68 bits per heavy atom. The smallest absolute Gasteiger partial charge is 0.252 e. The maximum atomic E-state index is 11.4. The van der Waals surface area contributed by atoms with E-state index >= 15 is 0 Å². The van der Waals surface area contributed by atoms with Gasteiger partial charge in [0.15, 0.2) is 0 Å². The number of primary amides is 1. The summed E-state index contributed by atoms with van der Waals surface area (Å²) in [7, 11) is 0. The van der Waals surface area contributed by atoms with Gasteiger partial charge in [-0.3, -0.25) is 9.78 Å². The van der Waals surface area contributed by atoms with E-state index in [0.717, 1.165) is 5.56 Å². The van der Waals surface area contributed by atoms with Gasteiger partial charge in [-0.2, -0.15) is 0 Å². The zero-order valence-corrected chi connectivity index (χ0v) is 10.5. The van der Waals surface area contributed by atoms with Crippen molar-refractivity contribution in [3.8, 4) is 0 Å². The molecule has 1 atom stereocenters. The van der Waals surface area contributed by atoms with Crippen LogP contribution in [-0.4, -0.2) is 15.9 Å². The Morgan fingerprint density at radius 1 is 1.37 bits per heavy atom. The third-order valence-electron chi connectivity index (χ3n) is 2.73. The lowest BCUT2D eigenvalue weighted by Crippen LogP contribution is -2.17. The molecule has 0 saturated heterocycles. The number of nitrogen functional groups attached to an aromatic ring is 1. The summed E-state index contributed by atoms with van der Waals surface area (Å²) in [4.78, 5) is 19.4. The minimum absolute atomic E-state index is 0.0303. The van der Waals surface area contributed by atoms with Gasteiger partial charge >= 0.3 is 0 Å². The molecule has 19 heavy (non-hydrogen) atoms. The molecule has 1 unspecified atom stereocenters. The third-order valence-corrected chi connectivity index (χ3v) is 2.73. The lowest BCUT2D eigenvalue weighted by Gasteiger charge is -2.16. The van der Waals surface area contributed by atoms with Crippen LogP contribution < -0.4 is 16.8 Å². The Hall–Kier alpha value is -2.63. The van der Waals surface area contributed by atoms with E-state index in [1.165, 1.54) is 12.3 Å². The standard InChI is InChI=1S/C13H15N5O/c1-8(9-2-4-16-5-3-9)18-13-11(12(15)19)6-10(14)7-17-13/h2-8H,14H2,1H3,(H2,15,19)(H,17,18). The van der Waals surface area contributed by atoms with E-state index in [1.807, 2.05) is 19.1 Å². The number of hydrogen-bond acceptors (Lipinski definition) is 5. The summed E-state index contributed by atoms with van der Waals surface area (Å²) < 4.78 is 0. The van der Waals surface area contributed by atoms with Gasteiger partial charge in [0.25, 0.3) is 5.91 Å². The topological polar surface area (TPSA) is 107 Å². The molecule has 0 radical (unpaired) electrons. The lowest BCUT2D eigenvalue weighted by molar-refractivity contribution is 0.100. The minimum atomic E-state index is -0.566. The molecule has 0 spiro atoms. The van der Waals surface area contributed by atoms with Gasteiger partial charge in [-0.15, -0.1) is 0 Å². The highest BCUT2D eigenvalue weighted by Gasteiger charge is 2.13. The molecular formula is C13H15N5O. The SMILES string of the molecule is CC(Nc1ncc(N)cc1C(N)=O)c1ccncc1. The second-order valence-electron chi connectivity index (χ2n) is 4.18. The van der Waals surface area contributed by atoms with Crippen molar-refractivity contribution in [3.63, 3.8) is 0 Å². The van der Waals surface area contributed by atoms with Crippen molar-refractivity contribution < 1.29 is 4.79 Å². The van der Waals surface area contributed by atoms with Gasteiger partial charge in [0, 0.05) is 12.4 Å². The monoisotopic (exact) mass is 257 g/mol. The molecule has 6 nitrogen and oxygen atoms in total. The van der Waals surface area contributed by atoms with Gasteiger partial charge in [0.05, 0.1) is 23.5 Å². The van der Waals surface area contributed by atoms with Crippen molar-refractivity contribution in [2.75, 3.05) is 11.1 Å². The Bertz CT molecular complexity index is 585. The maximum Gasteiger partial charge on any atom is 0.252 e. The molecule has 2 aromatic rings. The molecule has 0 fully saturated rings. The molecule has 98 valence electrons. The van der Waals surface area contributed by atoms with Crippen molar-refractivity contribution in [3.05, 3.63) is 47.9 Å². The Kier molecular flexibility index (Phi) is 3.61. The van der Waals surface area contributed by atoms with E-state index in [0.29, 0.717) is 11.5 Å². The molecule has 6 heteroatoms. The van der Waals surface area contributed by atoms with Crippen molar-refractivity contribution >= 4 is 17.4 Å². The van der Waals surface area contributed by atoms with Crippen LogP contribution in [0.5, 0.6) is 0 Å².